The van der Waals surface area contributed by atoms with E-state index in [0.29, 0.717) is 6.29 Å². The molecule has 0 aromatic rings. The SMILES string of the molecule is COCC=O.[SrH2].[Ti]. The molecule has 0 unspecified atom stereocenters. The predicted molar refractivity (Wildman–Crippen MR) is 26.5 cm³/mol. The molecular weight excluding hydrogens is 204 g/mol. The molecule has 0 spiro atoms. The molecule has 0 fully saturated rings. The van der Waals surface area contributed by atoms with Gasteiger partial charge in [-0.3, -0.25) is 0 Å². The van der Waals surface area contributed by atoms with E-state index >= 15 is 0 Å². The summed E-state index contributed by atoms with van der Waals surface area (Å²) < 4.78 is 4.32. The Morgan fingerprint density at radius 2 is 2.14 bits per heavy atom. The molecule has 0 rings (SSSR count). The number of carbonyl (C=O) groups is 1. The normalized spacial score (nSPS) is 5.29. The van der Waals surface area contributed by atoms with Gasteiger partial charge in [0.25, 0.3) is 0 Å². The average molecular weight is 212 g/mol. The molecule has 0 saturated heterocycles. The van der Waals surface area contributed by atoms with Crippen LogP contribution in [0.4, 0.5) is 0 Å². The first-order chi connectivity index (χ1) is 2.41. The molecule has 0 heterocycles. The van der Waals surface area contributed by atoms with Crippen molar-refractivity contribution < 1.29 is 31.2 Å². The monoisotopic (exact) mass is 212 g/mol. The van der Waals surface area contributed by atoms with Crippen molar-refractivity contribution in [3.05, 3.63) is 0 Å². The smallest absolute Gasteiger partial charge is 0 e. The second-order valence-corrected chi connectivity index (χ2v) is 0.622. The predicted octanol–water partition coefficient (Wildman–Crippen LogP) is -1.09. The standard InChI is InChI=1S/C3H6O2.Sr.Ti.2H/c1-5-3-2-4;;;;/h2H,3H2,1H3;;;;. The van der Waals surface area contributed by atoms with Crippen LogP contribution in [0.25, 0.3) is 0 Å². The Labute approximate surface area is 95.1 Å². The van der Waals surface area contributed by atoms with E-state index in [1.54, 1.807) is 0 Å². The van der Waals surface area contributed by atoms with E-state index in [1.165, 1.54) is 7.11 Å². The largest absolute Gasteiger partial charge is 0 e. The topological polar surface area (TPSA) is 26.3 Å². The summed E-state index contributed by atoms with van der Waals surface area (Å²) in [6, 6.07) is 0. The third-order valence-electron chi connectivity index (χ3n) is 0.235. The molecule has 0 aliphatic carbocycles. The van der Waals surface area contributed by atoms with Gasteiger partial charge < -0.3 is 9.53 Å². The van der Waals surface area contributed by atoms with Gasteiger partial charge in [-0.1, -0.05) is 0 Å². The van der Waals surface area contributed by atoms with Crippen molar-refractivity contribution in [2.75, 3.05) is 13.7 Å². The van der Waals surface area contributed by atoms with E-state index in [1.807, 2.05) is 0 Å². The second kappa shape index (κ2) is 15.7. The van der Waals surface area contributed by atoms with Crippen LogP contribution < -0.4 is 0 Å². The summed E-state index contributed by atoms with van der Waals surface area (Å²) in [6.07, 6.45) is 0.708. The number of rotatable bonds is 2. The summed E-state index contributed by atoms with van der Waals surface area (Å²) in [6.45, 7) is 0.208. The zero-order chi connectivity index (χ0) is 4.12. The Morgan fingerprint density at radius 1 is 1.71 bits per heavy atom. The molecule has 38 valence electrons. The minimum atomic E-state index is 0. The maximum atomic E-state index is 9.28. The zero-order valence-corrected chi connectivity index (χ0v) is 5.16. The number of aldehydes is 1. The van der Waals surface area contributed by atoms with E-state index in [-0.39, 0.29) is 73.8 Å². The van der Waals surface area contributed by atoms with Crippen LogP contribution in [-0.4, -0.2) is 65.5 Å². The van der Waals surface area contributed by atoms with Gasteiger partial charge in [0.15, 0.2) is 0 Å². The van der Waals surface area contributed by atoms with Gasteiger partial charge in [0.05, 0.1) is 0 Å². The van der Waals surface area contributed by atoms with Gasteiger partial charge in [-0.05, 0) is 0 Å². The van der Waals surface area contributed by atoms with Gasteiger partial charge in [0.1, 0.15) is 12.9 Å². The first-order valence-electron chi connectivity index (χ1n) is 1.34. The molecule has 0 radical (unpaired) electrons. The fraction of sp³-hybridized carbons (Fsp3) is 0.667. The Balaban J connectivity index is -0.0000000800. The summed E-state index contributed by atoms with van der Waals surface area (Å²) >= 11 is 0. The van der Waals surface area contributed by atoms with Gasteiger partial charge in [-0.25, -0.2) is 0 Å². The number of carbonyl (C=O) groups excluding carboxylic acids is 1. The summed E-state index contributed by atoms with van der Waals surface area (Å²) in [5.41, 5.74) is 0. The Morgan fingerprint density at radius 3 is 2.14 bits per heavy atom. The molecular formula is C3H8O2SrTi. The van der Waals surface area contributed by atoms with Crippen molar-refractivity contribution >= 4 is 51.8 Å². The molecule has 4 heteroatoms. The number of methoxy groups -OCH3 is 1. The van der Waals surface area contributed by atoms with Crippen LogP contribution in [0.2, 0.25) is 0 Å². The van der Waals surface area contributed by atoms with Crippen LogP contribution in [0.5, 0.6) is 0 Å². The molecule has 0 bridgehead atoms. The molecule has 0 atom stereocenters. The number of hydrogen-bond donors (Lipinski definition) is 0. The van der Waals surface area contributed by atoms with E-state index in [2.05, 4.69) is 4.74 Å². The van der Waals surface area contributed by atoms with Crippen LogP contribution in [0.1, 0.15) is 0 Å². The molecule has 2 nitrogen and oxygen atoms in total. The second-order valence-electron chi connectivity index (χ2n) is 0.622. The van der Waals surface area contributed by atoms with Crippen LogP contribution in [0, 0.1) is 0 Å². The van der Waals surface area contributed by atoms with Crippen molar-refractivity contribution in [3.8, 4) is 0 Å². The molecule has 0 aromatic carbocycles. The summed E-state index contributed by atoms with van der Waals surface area (Å²) in [7, 11) is 1.48. The molecule has 0 N–H and O–H groups in total. The van der Waals surface area contributed by atoms with Gasteiger partial charge >= 0.3 is 45.5 Å². The molecule has 0 aliphatic rings. The van der Waals surface area contributed by atoms with Gasteiger partial charge in [-0.15, -0.1) is 0 Å². The van der Waals surface area contributed by atoms with Crippen LogP contribution in [0.3, 0.4) is 0 Å². The minimum absolute atomic E-state index is 0. The quantitative estimate of drug-likeness (QED) is 0.429. The average Bonchev–Trinajstić information content (AvgIpc) is 1.41. The number of hydrogen-bond acceptors (Lipinski definition) is 2. The van der Waals surface area contributed by atoms with Crippen LogP contribution in [-0.2, 0) is 31.2 Å². The third kappa shape index (κ3) is 18.1. The molecule has 0 aromatic heterocycles. The fourth-order valence-electron chi connectivity index (χ4n) is 0.0680. The zero-order valence-electron chi connectivity index (χ0n) is 3.60. The Hall–Kier alpha value is 1.82. The summed E-state index contributed by atoms with van der Waals surface area (Å²) in [5, 5.41) is 0. The van der Waals surface area contributed by atoms with Crippen molar-refractivity contribution in [1.82, 2.24) is 0 Å². The van der Waals surface area contributed by atoms with Crippen LogP contribution >= 0.6 is 0 Å². The first-order valence-corrected chi connectivity index (χ1v) is 1.34. The molecule has 0 amide bonds. The van der Waals surface area contributed by atoms with Gasteiger partial charge in [-0.2, -0.15) is 0 Å². The fourth-order valence-corrected chi connectivity index (χ4v) is 0.0680. The van der Waals surface area contributed by atoms with Crippen molar-refractivity contribution in [1.29, 1.82) is 0 Å². The maximum Gasteiger partial charge on any atom is 0 e. The molecule has 0 saturated carbocycles. The maximum absolute atomic E-state index is 9.28. The van der Waals surface area contributed by atoms with E-state index in [0.717, 1.165) is 0 Å². The van der Waals surface area contributed by atoms with Crippen LogP contribution in [0.15, 0.2) is 0 Å². The van der Waals surface area contributed by atoms with E-state index in [4.69, 9.17) is 0 Å². The van der Waals surface area contributed by atoms with Gasteiger partial charge in [0, 0.05) is 28.8 Å². The number of ether oxygens (including phenoxy) is 1. The minimum Gasteiger partial charge on any atom is 0 e. The Kier molecular flexibility index (Phi) is 35.6. The third-order valence-corrected chi connectivity index (χ3v) is 0.235. The first kappa shape index (κ1) is 15.9. The van der Waals surface area contributed by atoms with Crippen molar-refractivity contribution in [2.45, 2.75) is 0 Å². The van der Waals surface area contributed by atoms with E-state index in [9.17, 15) is 4.79 Å². The molecule has 0 aliphatic heterocycles. The van der Waals surface area contributed by atoms with E-state index < -0.39 is 0 Å². The Bertz CT molecular complexity index is 34.1. The summed E-state index contributed by atoms with van der Waals surface area (Å²) in [4.78, 5) is 9.28. The van der Waals surface area contributed by atoms with Crippen molar-refractivity contribution in [3.63, 3.8) is 0 Å². The van der Waals surface area contributed by atoms with Crippen molar-refractivity contribution in [2.24, 2.45) is 0 Å². The van der Waals surface area contributed by atoms with Gasteiger partial charge in [0.2, 0.25) is 0 Å². The summed E-state index contributed by atoms with van der Waals surface area (Å²) in [5.74, 6) is 0. The molecule has 7 heavy (non-hydrogen) atoms.